The van der Waals surface area contributed by atoms with Crippen molar-refractivity contribution < 1.29 is 34.0 Å². The summed E-state index contributed by atoms with van der Waals surface area (Å²) in [5.74, 6) is -1.15. The minimum atomic E-state index is -1.04. The zero-order valence-electron chi connectivity index (χ0n) is 20.8. The molecule has 198 valence electrons. The number of phenols is 1. The van der Waals surface area contributed by atoms with Gasteiger partial charge in [-0.1, -0.05) is 35.3 Å². The number of hydrogen-bond acceptors (Lipinski definition) is 7. The lowest BCUT2D eigenvalue weighted by Crippen LogP contribution is -2.29. The van der Waals surface area contributed by atoms with Crippen LogP contribution in [-0.4, -0.2) is 42.2 Å². The molecule has 3 aromatic carbocycles. The topological polar surface area (TPSA) is 106 Å². The number of ether oxygens (including phenoxy) is 3. The molecule has 0 bridgehead atoms. The Bertz CT molecular complexity index is 1400. The third kappa shape index (κ3) is 4.97. The molecule has 0 aromatic heterocycles. The van der Waals surface area contributed by atoms with E-state index in [1.54, 1.807) is 30.3 Å². The Morgan fingerprint density at radius 1 is 0.921 bits per heavy atom. The highest BCUT2D eigenvalue weighted by molar-refractivity contribution is 6.51. The molecule has 1 amide bonds. The van der Waals surface area contributed by atoms with Gasteiger partial charge in [0.1, 0.15) is 11.5 Å². The van der Waals surface area contributed by atoms with Crippen molar-refractivity contribution in [3.05, 3.63) is 81.3 Å². The molecule has 10 heteroatoms. The number of amides is 1. The smallest absolute Gasteiger partial charge is 0.300 e. The van der Waals surface area contributed by atoms with Crippen molar-refractivity contribution in [1.82, 2.24) is 0 Å². The molecular weight excluding hydrogens is 533 g/mol. The summed E-state index contributed by atoms with van der Waals surface area (Å²) in [6.07, 6.45) is 0. The molecule has 1 aliphatic rings. The van der Waals surface area contributed by atoms with E-state index < -0.39 is 23.5 Å². The first-order valence-corrected chi connectivity index (χ1v) is 12.5. The Morgan fingerprint density at radius 3 is 2.11 bits per heavy atom. The number of aromatic hydroxyl groups is 1. The second-order valence-electron chi connectivity index (χ2n) is 8.23. The van der Waals surface area contributed by atoms with Crippen LogP contribution in [0.3, 0.4) is 0 Å². The van der Waals surface area contributed by atoms with Crippen LogP contribution in [0.15, 0.2) is 60.2 Å². The SMILES string of the molecule is CCOc1ccc(N2C(=O)C(=O)/C(=C(/O)c3cc(Cl)c(OC)c(Cl)c3)C2c2ccc(O)cc2)cc1OCC. The van der Waals surface area contributed by atoms with E-state index in [-0.39, 0.29) is 32.7 Å². The number of nitrogens with zero attached hydrogens (tertiary/aromatic N) is 1. The van der Waals surface area contributed by atoms with Gasteiger partial charge in [-0.15, -0.1) is 0 Å². The lowest BCUT2D eigenvalue weighted by molar-refractivity contribution is -0.132. The van der Waals surface area contributed by atoms with E-state index in [4.69, 9.17) is 37.4 Å². The molecule has 0 spiro atoms. The van der Waals surface area contributed by atoms with Crippen molar-refractivity contribution in [1.29, 1.82) is 0 Å². The van der Waals surface area contributed by atoms with Crippen LogP contribution in [0.2, 0.25) is 10.0 Å². The number of aliphatic hydroxyl groups is 1. The Kier molecular flexibility index (Phi) is 8.04. The monoisotopic (exact) mass is 557 g/mol. The van der Waals surface area contributed by atoms with Gasteiger partial charge < -0.3 is 24.4 Å². The van der Waals surface area contributed by atoms with E-state index in [2.05, 4.69) is 0 Å². The minimum Gasteiger partial charge on any atom is -0.508 e. The number of carbonyl (C=O) groups excluding carboxylic acids is 2. The molecule has 1 saturated heterocycles. The highest BCUT2D eigenvalue weighted by Crippen LogP contribution is 2.45. The molecule has 0 saturated carbocycles. The lowest BCUT2D eigenvalue weighted by Gasteiger charge is -2.26. The van der Waals surface area contributed by atoms with Crippen molar-refractivity contribution in [3.8, 4) is 23.0 Å². The quantitative estimate of drug-likeness (QED) is 0.195. The van der Waals surface area contributed by atoms with Crippen LogP contribution in [-0.2, 0) is 9.59 Å². The predicted molar refractivity (Wildman–Crippen MR) is 145 cm³/mol. The summed E-state index contributed by atoms with van der Waals surface area (Å²) in [5.41, 5.74) is 0.775. The molecule has 0 aliphatic carbocycles. The Labute approximate surface area is 229 Å². The van der Waals surface area contributed by atoms with Crippen molar-refractivity contribution in [2.24, 2.45) is 0 Å². The van der Waals surface area contributed by atoms with Gasteiger partial charge in [-0.05, 0) is 55.8 Å². The van der Waals surface area contributed by atoms with Crippen LogP contribution in [0.1, 0.15) is 31.0 Å². The highest BCUT2D eigenvalue weighted by Gasteiger charge is 2.47. The predicted octanol–water partition coefficient (Wildman–Crippen LogP) is 6.13. The van der Waals surface area contributed by atoms with Gasteiger partial charge in [0.25, 0.3) is 11.7 Å². The number of carbonyl (C=O) groups is 2. The van der Waals surface area contributed by atoms with Gasteiger partial charge in [-0.2, -0.15) is 0 Å². The molecule has 8 nitrogen and oxygen atoms in total. The second-order valence-corrected chi connectivity index (χ2v) is 9.05. The summed E-state index contributed by atoms with van der Waals surface area (Å²) in [6, 6.07) is 12.6. The number of anilines is 1. The number of aliphatic hydroxyl groups excluding tert-OH is 1. The van der Waals surface area contributed by atoms with Gasteiger partial charge >= 0.3 is 0 Å². The molecule has 1 fully saturated rings. The zero-order valence-corrected chi connectivity index (χ0v) is 22.3. The third-order valence-electron chi connectivity index (χ3n) is 5.93. The van der Waals surface area contributed by atoms with Crippen molar-refractivity contribution in [3.63, 3.8) is 0 Å². The molecule has 1 unspecified atom stereocenters. The van der Waals surface area contributed by atoms with Crippen LogP contribution in [0.25, 0.3) is 5.76 Å². The van der Waals surface area contributed by atoms with Gasteiger partial charge in [0.05, 0.1) is 42.0 Å². The van der Waals surface area contributed by atoms with Crippen molar-refractivity contribution >= 4 is 46.3 Å². The van der Waals surface area contributed by atoms with Crippen LogP contribution in [0.4, 0.5) is 5.69 Å². The average Bonchev–Trinajstić information content (AvgIpc) is 3.15. The molecule has 38 heavy (non-hydrogen) atoms. The second kappa shape index (κ2) is 11.2. The van der Waals surface area contributed by atoms with E-state index in [9.17, 15) is 19.8 Å². The number of rotatable bonds is 8. The molecule has 1 aliphatic heterocycles. The van der Waals surface area contributed by atoms with Gasteiger partial charge in [-0.25, -0.2) is 0 Å². The van der Waals surface area contributed by atoms with Gasteiger partial charge in [0.2, 0.25) is 0 Å². The summed E-state index contributed by atoms with van der Waals surface area (Å²) >= 11 is 12.5. The van der Waals surface area contributed by atoms with Crippen LogP contribution < -0.4 is 19.1 Å². The summed E-state index contributed by atoms with van der Waals surface area (Å²) in [7, 11) is 1.40. The van der Waals surface area contributed by atoms with E-state index in [0.717, 1.165) is 0 Å². The Hall–Kier alpha value is -3.88. The number of phenolic OH excluding ortho intramolecular Hbond substituents is 1. The maximum Gasteiger partial charge on any atom is 0.300 e. The summed E-state index contributed by atoms with van der Waals surface area (Å²) in [6.45, 7) is 4.41. The summed E-state index contributed by atoms with van der Waals surface area (Å²) < 4.78 is 16.5. The summed E-state index contributed by atoms with van der Waals surface area (Å²) in [5, 5.41) is 21.4. The molecule has 3 aromatic rings. The molecular formula is C28H25Cl2NO7. The third-order valence-corrected chi connectivity index (χ3v) is 6.50. The highest BCUT2D eigenvalue weighted by atomic mass is 35.5. The van der Waals surface area contributed by atoms with Gasteiger partial charge in [-0.3, -0.25) is 14.5 Å². The maximum absolute atomic E-state index is 13.5. The standard InChI is InChI=1S/C28H25Cl2NO7/c1-4-37-21-11-8-17(14-22(21)38-5-2)31-24(15-6-9-18(32)10-7-15)23(26(34)28(31)35)25(33)16-12-19(29)27(36-3)20(30)13-16/h6-14,24,32-33H,4-5H2,1-3H3/b25-23+. The molecule has 1 atom stereocenters. The summed E-state index contributed by atoms with van der Waals surface area (Å²) in [4.78, 5) is 28.1. The van der Waals surface area contributed by atoms with Gasteiger partial charge in [0, 0.05) is 17.3 Å². The van der Waals surface area contributed by atoms with E-state index in [0.29, 0.717) is 36.0 Å². The largest absolute Gasteiger partial charge is 0.508 e. The molecule has 2 N–H and O–H groups in total. The number of benzene rings is 3. The average molecular weight is 558 g/mol. The first-order chi connectivity index (χ1) is 18.2. The lowest BCUT2D eigenvalue weighted by atomic mass is 9.95. The van der Waals surface area contributed by atoms with Crippen molar-refractivity contribution in [2.45, 2.75) is 19.9 Å². The number of Topliss-reactive ketones (excluding diaryl/α,β-unsaturated/α-hetero) is 1. The van der Waals surface area contributed by atoms with Gasteiger partial charge in [0.15, 0.2) is 17.2 Å². The molecule has 1 heterocycles. The zero-order chi connectivity index (χ0) is 27.6. The fraction of sp³-hybridized carbons (Fsp3) is 0.214. The van der Waals surface area contributed by atoms with E-state index in [1.165, 1.54) is 36.3 Å². The van der Waals surface area contributed by atoms with Crippen LogP contribution in [0, 0.1) is 0 Å². The van der Waals surface area contributed by atoms with E-state index in [1.807, 2.05) is 13.8 Å². The Balaban J connectivity index is 1.94. The fourth-order valence-electron chi connectivity index (χ4n) is 4.31. The number of methoxy groups -OCH3 is 1. The minimum absolute atomic E-state index is 0.000816. The Morgan fingerprint density at radius 2 is 1.53 bits per heavy atom. The van der Waals surface area contributed by atoms with E-state index >= 15 is 0 Å². The number of halogens is 2. The maximum atomic E-state index is 13.5. The van der Waals surface area contributed by atoms with Crippen LogP contribution >= 0.6 is 23.2 Å². The normalized spacial score (nSPS) is 16.6. The van der Waals surface area contributed by atoms with Crippen molar-refractivity contribution in [2.75, 3.05) is 25.2 Å². The molecule has 4 rings (SSSR count). The van der Waals surface area contributed by atoms with Crippen LogP contribution in [0.5, 0.6) is 23.0 Å². The fourth-order valence-corrected chi connectivity index (χ4v) is 4.95. The first kappa shape index (κ1) is 27.2. The number of ketones is 1. The molecule has 0 radical (unpaired) electrons. The number of hydrogen-bond donors (Lipinski definition) is 2. The first-order valence-electron chi connectivity index (χ1n) is 11.7.